The maximum absolute atomic E-state index is 13.4. The van der Waals surface area contributed by atoms with Crippen LogP contribution >= 0.6 is 23.5 Å². The number of thioether (sulfide) groups is 2. The Bertz CT molecular complexity index is 1100. The first-order valence-corrected chi connectivity index (χ1v) is 13.0. The lowest BCUT2D eigenvalue weighted by Crippen LogP contribution is -2.69. The van der Waals surface area contributed by atoms with Gasteiger partial charge in [0.15, 0.2) is 6.10 Å². The van der Waals surface area contributed by atoms with Crippen LogP contribution < -0.4 is 4.74 Å². The molecule has 4 aromatic rings. The SMILES string of the molecule is O=C1[C@@H](Oc2ccccc2)[C@@H](C(Sc2ccccc2)Sc2ccccc2)N1Cc1ccccc1. The zero-order chi connectivity index (χ0) is 23.2. The number of hydrogen-bond donors (Lipinski definition) is 0. The fraction of sp³-hybridized carbons (Fsp3) is 0.138. The first kappa shape index (κ1) is 22.6. The van der Waals surface area contributed by atoms with Crippen molar-refractivity contribution in [2.75, 3.05) is 0 Å². The van der Waals surface area contributed by atoms with Gasteiger partial charge < -0.3 is 9.64 Å². The van der Waals surface area contributed by atoms with E-state index in [9.17, 15) is 4.79 Å². The second-order valence-electron chi connectivity index (χ2n) is 8.02. The van der Waals surface area contributed by atoms with Gasteiger partial charge in [0.1, 0.15) is 5.75 Å². The maximum Gasteiger partial charge on any atom is 0.266 e. The highest BCUT2D eigenvalue weighted by Gasteiger charge is 2.53. The minimum Gasteiger partial charge on any atom is -0.478 e. The smallest absolute Gasteiger partial charge is 0.266 e. The molecule has 0 radical (unpaired) electrons. The van der Waals surface area contributed by atoms with E-state index in [0.29, 0.717) is 6.54 Å². The van der Waals surface area contributed by atoms with Crippen molar-refractivity contribution in [2.45, 2.75) is 33.1 Å². The van der Waals surface area contributed by atoms with Crippen LogP contribution in [0.25, 0.3) is 0 Å². The van der Waals surface area contributed by atoms with Gasteiger partial charge in [0.25, 0.3) is 5.91 Å². The quantitative estimate of drug-likeness (QED) is 0.150. The number of benzene rings is 4. The molecule has 1 aliphatic rings. The van der Waals surface area contributed by atoms with Gasteiger partial charge in [0, 0.05) is 16.3 Å². The van der Waals surface area contributed by atoms with Crippen LogP contribution in [0, 0.1) is 0 Å². The molecule has 3 nitrogen and oxygen atoms in total. The second kappa shape index (κ2) is 10.9. The highest BCUT2D eigenvalue weighted by Crippen LogP contribution is 2.44. The molecule has 0 aliphatic carbocycles. The Kier molecular flexibility index (Phi) is 7.22. The number of carbonyl (C=O) groups excluding carboxylic acids is 1. The molecule has 4 aromatic carbocycles. The van der Waals surface area contributed by atoms with E-state index in [1.165, 1.54) is 9.79 Å². The van der Waals surface area contributed by atoms with E-state index in [-0.39, 0.29) is 16.5 Å². The third kappa shape index (κ3) is 5.32. The van der Waals surface area contributed by atoms with Crippen molar-refractivity contribution in [1.29, 1.82) is 0 Å². The molecule has 1 aliphatic heterocycles. The van der Waals surface area contributed by atoms with E-state index in [0.717, 1.165) is 11.3 Å². The first-order valence-electron chi connectivity index (χ1n) is 11.3. The summed E-state index contributed by atoms with van der Waals surface area (Å²) in [6, 6.07) is 40.5. The monoisotopic (exact) mass is 483 g/mol. The minimum atomic E-state index is -0.525. The van der Waals surface area contributed by atoms with Crippen LogP contribution in [-0.2, 0) is 11.3 Å². The number of β-lactam (4-membered cyclic amide) rings is 1. The third-order valence-corrected chi connectivity index (χ3v) is 8.36. The lowest BCUT2D eigenvalue weighted by molar-refractivity contribution is -0.163. The third-order valence-electron chi connectivity index (χ3n) is 5.67. The van der Waals surface area contributed by atoms with Gasteiger partial charge in [-0.05, 0) is 42.0 Å². The molecule has 0 N–H and O–H groups in total. The first-order chi connectivity index (χ1) is 16.8. The predicted molar refractivity (Wildman–Crippen MR) is 140 cm³/mol. The van der Waals surface area contributed by atoms with Crippen molar-refractivity contribution >= 4 is 29.4 Å². The van der Waals surface area contributed by atoms with E-state index in [2.05, 4.69) is 60.7 Å². The number of amides is 1. The Morgan fingerprint density at radius 2 is 1.15 bits per heavy atom. The molecular formula is C29H25NO2S2. The van der Waals surface area contributed by atoms with Crippen molar-refractivity contribution in [3.8, 4) is 5.75 Å². The minimum absolute atomic E-state index is 0.0324. The average Bonchev–Trinajstić information content (AvgIpc) is 2.90. The van der Waals surface area contributed by atoms with Crippen LogP contribution in [0.2, 0.25) is 0 Å². The highest BCUT2D eigenvalue weighted by atomic mass is 32.2. The fourth-order valence-electron chi connectivity index (χ4n) is 3.99. The Balaban J connectivity index is 1.47. The molecular weight excluding hydrogens is 458 g/mol. The summed E-state index contributed by atoms with van der Waals surface area (Å²) < 4.78 is 6.34. The van der Waals surface area contributed by atoms with Crippen LogP contribution in [0.3, 0.4) is 0 Å². The summed E-state index contributed by atoms with van der Waals surface area (Å²) in [7, 11) is 0. The van der Waals surface area contributed by atoms with Gasteiger partial charge in [-0.1, -0.05) is 84.9 Å². The van der Waals surface area contributed by atoms with Crippen LogP contribution in [0.15, 0.2) is 131 Å². The fourth-order valence-corrected chi connectivity index (χ4v) is 6.87. The van der Waals surface area contributed by atoms with Crippen LogP contribution in [0.4, 0.5) is 0 Å². The zero-order valence-electron chi connectivity index (χ0n) is 18.6. The number of likely N-dealkylation sites (tertiary alicyclic amines) is 1. The Hall–Kier alpha value is -3.15. The molecule has 0 aromatic heterocycles. The van der Waals surface area contributed by atoms with Gasteiger partial charge >= 0.3 is 0 Å². The molecule has 0 bridgehead atoms. The van der Waals surface area contributed by atoms with E-state index in [1.54, 1.807) is 23.5 Å². The van der Waals surface area contributed by atoms with Crippen molar-refractivity contribution in [3.05, 3.63) is 127 Å². The number of carbonyl (C=O) groups is 1. The number of hydrogen-bond acceptors (Lipinski definition) is 4. The summed E-state index contributed by atoms with van der Waals surface area (Å²) in [6.07, 6.45) is -0.525. The number of para-hydroxylation sites is 1. The predicted octanol–water partition coefficient (Wildman–Crippen LogP) is 6.76. The van der Waals surface area contributed by atoms with Crippen LogP contribution in [-0.4, -0.2) is 27.5 Å². The second-order valence-corrected chi connectivity index (χ2v) is 10.8. The summed E-state index contributed by atoms with van der Waals surface area (Å²) in [5, 5.41) is 0. The van der Waals surface area contributed by atoms with Crippen molar-refractivity contribution < 1.29 is 9.53 Å². The molecule has 5 rings (SSSR count). The summed E-state index contributed by atoms with van der Waals surface area (Å²) in [5.74, 6) is 0.753. The molecule has 34 heavy (non-hydrogen) atoms. The molecule has 0 unspecified atom stereocenters. The Labute approximate surface area is 209 Å². The Morgan fingerprint density at radius 3 is 1.68 bits per heavy atom. The van der Waals surface area contributed by atoms with E-state index in [4.69, 9.17) is 4.74 Å². The lowest BCUT2D eigenvalue weighted by Gasteiger charge is -2.49. The van der Waals surface area contributed by atoms with Gasteiger partial charge in [0.2, 0.25) is 0 Å². The van der Waals surface area contributed by atoms with Crippen molar-refractivity contribution in [3.63, 3.8) is 0 Å². The van der Waals surface area contributed by atoms with Crippen LogP contribution in [0.5, 0.6) is 5.75 Å². The molecule has 5 heteroatoms. The topological polar surface area (TPSA) is 29.5 Å². The summed E-state index contributed by atoms with van der Waals surface area (Å²) >= 11 is 3.57. The van der Waals surface area contributed by atoms with Gasteiger partial charge in [0.05, 0.1) is 10.6 Å². The van der Waals surface area contributed by atoms with E-state index >= 15 is 0 Å². The summed E-state index contributed by atoms with van der Waals surface area (Å²) in [4.78, 5) is 17.7. The molecule has 170 valence electrons. The average molecular weight is 484 g/mol. The number of rotatable bonds is 9. The van der Waals surface area contributed by atoms with Crippen molar-refractivity contribution in [2.24, 2.45) is 0 Å². The number of ether oxygens (including phenoxy) is 1. The molecule has 1 fully saturated rings. The molecule has 0 saturated carbocycles. The maximum atomic E-state index is 13.4. The largest absolute Gasteiger partial charge is 0.478 e. The molecule has 1 saturated heterocycles. The Morgan fingerprint density at radius 1 is 0.676 bits per heavy atom. The van der Waals surface area contributed by atoms with E-state index < -0.39 is 6.10 Å². The highest BCUT2D eigenvalue weighted by molar-refractivity contribution is 8.17. The van der Waals surface area contributed by atoms with Gasteiger partial charge in [-0.2, -0.15) is 0 Å². The summed E-state index contributed by atoms with van der Waals surface area (Å²) in [5.41, 5.74) is 1.12. The molecule has 1 amide bonds. The lowest BCUT2D eigenvalue weighted by atomic mass is 9.98. The number of nitrogens with zero attached hydrogens (tertiary/aromatic N) is 1. The zero-order valence-corrected chi connectivity index (χ0v) is 20.2. The standard InChI is InChI=1S/C29H25NO2S2/c31-28-27(32-23-15-7-2-8-16-23)26(30(28)21-22-13-5-1-6-14-22)29(33-24-17-9-3-10-18-24)34-25-19-11-4-12-20-25/h1-20,26-27,29H,21H2/t26-,27-/m0/s1. The van der Waals surface area contributed by atoms with Gasteiger partial charge in [-0.25, -0.2) is 0 Å². The van der Waals surface area contributed by atoms with E-state index in [1.807, 2.05) is 65.6 Å². The van der Waals surface area contributed by atoms with Gasteiger partial charge in [-0.15, -0.1) is 23.5 Å². The van der Waals surface area contributed by atoms with Gasteiger partial charge in [-0.3, -0.25) is 4.79 Å². The molecule has 1 heterocycles. The summed E-state index contributed by atoms with van der Waals surface area (Å²) in [6.45, 7) is 0.570. The molecule has 2 atom stereocenters. The molecule has 0 spiro atoms. The van der Waals surface area contributed by atoms with Crippen LogP contribution in [0.1, 0.15) is 5.56 Å². The van der Waals surface area contributed by atoms with Crippen molar-refractivity contribution in [1.82, 2.24) is 4.90 Å². The normalized spacial score (nSPS) is 17.4.